The molecule has 0 amide bonds. The largest absolute Gasteiger partial charge is 0.341 e. The Balaban J connectivity index is 2.11. The maximum Gasteiger partial charge on any atom is 0.121 e. The second kappa shape index (κ2) is 4.85. The molecule has 0 atom stereocenters. The van der Waals surface area contributed by atoms with E-state index in [1.165, 1.54) is 0 Å². The molecule has 1 heterocycles. The molecule has 2 aromatic rings. The van der Waals surface area contributed by atoms with Gasteiger partial charge in [-0.1, -0.05) is 31.5 Å². The lowest BCUT2D eigenvalue weighted by atomic mass is 10.2. The van der Waals surface area contributed by atoms with Crippen molar-refractivity contribution in [2.24, 2.45) is 5.92 Å². The Kier molecular flexibility index (Phi) is 3.46. The zero-order valence-electron chi connectivity index (χ0n) is 9.55. The summed E-state index contributed by atoms with van der Waals surface area (Å²) >= 11 is 6.05. The number of imidazole rings is 1. The first kappa shape index (κ1) is 11.4. The fourth-order valence-electron chi connectivity index (χ4n) is 1.61. The molecule has 1 aromatic carbocycles. The van der Waals surface area contributed by atoms with Crippen molar-refractivity contribution in [1.82, 2.24) is 15.3 Å². The van der Waals surface area contributed by atoms with Crippen molar-refractivity contribution in [3.05, 3.63) is 29.0 Å². The molecule has 0 saturated carbocycles. The molecular formula is C12H16ClN3. The van der Waals surface area contributed by atoms with Crippen LogP contribution in [-0.2, 0) is 6.54 Å². The van der Waals surface area contributed by atoms with Crippen molar-refractivity contribution in [1.29, 1.82) is 0 Å². The Morgan fingerprint density at radius 3 is 2.94 bits per heavy atom. The molecule has 0 saturated heterocycles. The van der Waals surface area contributed by atoms with Crippen LogP contribution in [0.15, 0.2) is 18.2 Å². The molecular weight excluding hydrogens is 222 g/mol. The van der Waals surface area contributed by atoms with Crippen LogP contribution in [0.3, 0.4) is 0 Å². The normalized spacial score (nSPS) is 11.5. The lowest BCUT2D eigenvalue weighted by Gasteiger charge is -2.04. The second-order valence-corrected chi connectivity index (χ2v) is 4.75. The van der Waals surface area contributed by atoms with Crippen LogP contribution in [0.4, 0.5) is 0 Å². The third-order valence-corrected chi connectivity index (χ3v) is 2.66. The highest BCUT2D eigenvalue weighted by Gasteiger charge is 2.05. The SMILES string of the molecule is CC(C)CNCc1nc2c(Cl)cccc2[nH]1. The minimum absolute atomic E-state index is 0.646. The highest BCUT2D eigenvalue weighted by atomic mass is 35.5. The van der Waals surface area contributed by atoms with E-state index >= 15 is 0 Å². The minimum atomic E-state index is 0.646. The standard InChI is InChI=1S/C12H16ClN3/c1-8(2)6-14-7-11-15-10-5-3-4-9(13)12(10)16-11/h3-5,8,14H,6-7H2,1-2H3,(H,15,16). The number of aromatic nitrogens is 2. The Morgan fingerprint density at radius 2 is 2.25 bits per heavy atom. The maximum atomic E-state index is 6.05. The zero-order valence-corrected chi connectivity index (χ0v) is 10.3. The summed E-state index contributed by atoms with van der Waals surface area (Å²) in [6, 6.07) is 5.77. The van der Waals surface area contributed by atoms with Gasteiger partial charge in [0.1, 0.15) is 11.3 Å². The van der Waals surface area contributed by atoms with Crippen LogP contribution in [0.5, 0.6) is 0 Å². The van der Waals surface area contributed by atoms with E-state index in [2.05, 4.69) is 29.1 Å². The predicted octanol–water partition coefficient (Wildman–Crippen LogP) is 2.96. The first-order chi connectivity index (χ1) is 7.66. The van der Waals surface area contributed by atoms with Crippen molar-refractivity contribution in [2.45, 2.75) is 20.4 Å². The van der Waals surface area contributed by atoms with E-state index in [1.54, 1.807) is 0 Å². The summed E-state index contributed by atoms with van der Waals surface area (Å²) < 4.78 is 0. The van der Waals surface area contributed by atoms with Gasteiger partial charge in [0, 0.05) is 0 Å². The first-order valence-electron chi connectivity index (χ1n) is 5.50. The molecule has 86 valence electrons. The van der Waals surface area contributed by atoms with E-state index in [4.69, 9.17) is 11.6 Å². The Morgan fingerprint density at radius 1 is 1.44 bits per heavy atom. The maximum absolute atomic E-state index is 6.05. The van der Waals surface area contributed by atoms with Gasteiger partial charge in [-0.3, -0.25) is 0 Å². The smallest absolute Gasteiger partial charge is 0.121 e. The van der Waals surface area contributed by atoms with Crippen LogP contribution >= 0.6 is 11.6 Å². The topological polar surface area (TPSA) is 40.7 Å². The summed E-state index contributed by atoms with van der Waals surface area (Å²) in [4.78, 5) is 7.71. The molecule has 2 rings (SSSR count). The van der Waals surface area contributed by atoms with Gasteiger partial charge in [0.2, 0.25) is 0 Å². The van der Waals surface area contributed by atoms with E-state index in [0.717, 1.165) is 29.9 Å². The monoisotopic (exact) mass is 237 g/mol. The zero-order chi connectivity index (χ0) is 11.5. The Hall–Kier alpha value is -1.06. The van der Waals surface area contributed by atoms with Gasteiger partial charge in [0.15, 0.2) is 0 Å². The number of hydrogen-bond donors (Lipinski definition) is 2. The first-order valence-corrected chi connectivity index (χ1v) is 5.88. The van der Waals surface area contributed by atoms with E-state index in [9.17, 15) is 0 Å². The second-order valence-electron chi connectivity index (χ2n) is 4.34. The fourth-order valence-corrected chi connectivity index (χ4v) is 1.83. The van der Waals surface area contributed by atoms with Gasteiger partial charge in [-0.2, -0.15) is 0 Å². The van der Waals surface area contributed by atoms with Crippen LogP contribution < -0.4 is 5.32 Å². The van der Waals surface area contributed by atoms with Crippen molar-refractivity contribution >= 4 is 22.6 Å². The van der Waals surface area contributed by atoms with Gasteiger partial charge in [0.25, 0.3) is 0 Å². The third kappa shape index (κ3) is 2.54. The summed E-state index contributed by atoms with van der Waals surface area (Å²) in [6.07, 6.45) is 0. The highest BCUT2D eigenvalue weighted by Crippen LogP contribution is 2.20. The lowest BCUT2D eigenvalue weighted by Crippen LogP contribution is -2.19. The number of aromatic amines is 1. The van der Waals surface area contributed by atoms with Crippen molar-refractivity contribution in [3.8, 4) is 0 Å². The fraction of sp³-hybridized carbons (Fsp3) is 0.417. The van der Waals surface area contributed by atoms with E-state index in [0.29, 0.717) is 10.9 Å². The molecule has 0 aliphatic heterocycles. The highest BCUT2D eigenvalue weighted by molar-refractivity contribution is 6.34. The Bertz CT molecular complexity index is 476. The molecule has 0 bridgehead atoms. The number of nitrogens with one attached hydrogen (secondary N) is 2. The predicted molar refractivity (Wildman–Crippen MR) is 67.6 cm³/mol. The number of rotatable bonds is 4. The van der Waals surface area contributed by atoms with E-state index < -0.39 is 0 Å². The lowest BCUT2D eigenvalue weighted by molar-refractivity contribution is 0.545. The van der Waals surface area contributed by atoms with Crippen LogP contribution in [0, 0.1) is 5.92 Å². The van der Waals surface area contributed by atoms with E-state index in [-0.39, 0.29) is 0 Å². The molecule has 4 heteroatoms. The van der Waals surface area contributed by atoms with Crippen LogP contribution in [0.2, 0.25) is 5.02 Å². The van der Waals surface area contributed by atoms with Gasteiger partial charge >= 0.3 is 0 Å². The molecule has 0 unspecified atom stereocenters. The summed E-state index contributed by atoms with van der Waals surface area (Å²) in [5, 5.41) is 4.04. The Labute approximate surface area is 100 Å². The van der Waals surface area contributed by atoms with Crippen LogP contribution in [0.25, 0.3) is 11.0 Å². The van der Waals surface area contributed by atoms with Crippen LogP contribution in [0.1, 0.15) is 19.7 Å². The van der Waals surface area contributed by atoms with Gasteiger partial charge < -0.3 is 10.3 Å². The molecule has 3 nitrogen and oxygen atoms in total. The average Bonchev–Trinajstić information content (AvgIpc) is 2.61. The molecule has 2 N–H and O–H groups in total. The van der Waals surface area contributed by atoms with Crippen molar-refractivity contribution < 1.29 is 0 Å². The average molecular weight is 238 g/mol. The molecule has 0 aliphatic rings. The number of H-pyrrole nitrogens is 1. The molecule has 0 radical (unpaired) electrons. The third-order valence-electron chi connectivity index (χ3n) is 2.36. The van der Waals surface area contributed by atoms with Gasteiger partial charge in [-0.15, -0.1) is 0 Å². The number of nitrogens with zero attached hydrogens (tertiary/aromatic N) is 1. The summed E-state index contributed by atoms with van der Waals surface area (Å²) in [5.41, 5.74) is 1.85. The molecule has 0 aliphatic carbocycles. The molecule has 0 fully saturated rings. The molecule has 0 spiro atoms. The number of para-hydroxylation sites is 1. The van der Waals surface area contributed by atoms with Gasteiger partial charge in [-0.25, -0.2) is 4.98 Å². The summed E-state index contributed by atoms with van der Waals surface area (Å²) in [6.45, 7) is 6.11. The summed E-state index contributed by atoms with van der Waals surface area (Å²) in [5.74, 6) is 1.58. The number of hydrogen-bond acceptors (Lipinski definition) is 2. The quantitative estimate of drug-likeness (QED) is 0.859. The molecule has 1 aromatic heterocycles. The van der Waals surface area contributed by atoms with Gasteiger partial charge in [-0.05, 0) is 24.6 Å². The minimum Gasteiger partial charge on any atom is -0.341 e. The van der Waals surface area contributed by atoms with Crippen molar-refractivity contribution in [2.75, 3.05) is 6.54 Å². The van der Waals surface area contributed by atoms with Crippen molar-refractivity contribution in [3.63, 3.8) is 0 Å². The van der Waals surface area contributed by atoms with Gasteiger partial charge in [0.05, 0.1) is 17.1 Å². The number of fused-ring (bicyclic) bond motifs is 1. The molecule has 16 heavy (non-hydrogen) atoms. The van der Waals surface area contributed by atoms with Crippen LogP contribution in [-0.4, -0.2) is 16.5 Å². The number of benzene rings is 1. The summed E-state index contributed by atoms with van der Waals surface area (Å²) in [7, 11) is 0. The van der Waals surface area contributed by atoms with E-state index in [1.807, 2.05) is 18.2 Å². The number of halogens is 1.